The molecule has 1 aliphatic rings. The van der Waals surface area contributed by atoms with E-state index in [1.54, 1.807) is 12.1 Å². The highest BCUT2D eigenvalue weighted by molar-refractivity contribution is 6.30. The number of hydrogen-bond donors (Lipinski definition) is 3. The number of carboxylic acids is 1. The lowest BCUT2D eigenvalue weighted by Crippen LogP contribution is -2.37. The zero-order valence-electron chi connectivity index (χ0n) is 14.3. The van der Waals surface area contributed by atoms with Crippen molar-refractivity contribution in [1.29, 1.82) is 0 Å². The fourth-order valence-corrected chi connectivity index (χ4v) is 3.45. The van der Waals surface area contributed by atoms with Gasteiger partial charge in [0.25, 0.3) is 0 Å². The van der Waals surface area contributed by atoms with E-state index in [4.69, 9.17) is 21.4 Å². The summed E-state index contributed by atoms with van der Waals surface area (Å²) in [4.78, 5) is 10.6. The van der Waals surface area contributed by atoms with Crippen LogP contribution in [-0.2, 0) is 17.6 Å². The van der Waals surface area contributed by atoms with Crippen molar-refractivity contribution in [3.8, 4) is 5.75 Å². The first-order valence-electron chi connectivity index (χ1n) is 8.64. The molecular weight excluding hydrogens is 354 g/mol. The van der Waals surface area contributed by atoms with Crippen molar-refractivity contribution in [3.05, 3.63) is 64.2 Å². The highest BCUT2D eigenvalue weighted by Crippen LogP contribution is 2.26. The van der Waals surface area contributed by atoms with Gasteiger partial charge in [-0.15, -0.1) is 0 Å². The van der Waals surface area contributed by atoms with Crippen molar-refractivity contribution in [2.24, 2.45) is 0 Å². The molecule has 1 unspecified atom stereocenters. The first-order chi connectivity index (χ1) is 12.5. The van der Waals surface area contributed by atoms with E-state index in [1.165, 1.54) is 5.56 Å². The number of aliphatic hydroxyl groups is 1. The maximum Gasteiger partial charge on any atom is 0.341 e. The normalized spacial score (nSPS) is 17.4. The molecule has 138 valence electrons. The molecule has 0 amide bonds. The summed E-state index contributed by atoms with van der Waals surface area (Å²) in [5.41, 5.74) is 3.22. The van der Waals surface area contributed by atoms with Crippen molar-refractivity contribution in [2.75, 3.05) is 13.2 Å². The molecule has 0 spiro atoms. The fraction of sp³-hybridized carbons (Fsp3) is 0.350. The Morgan fingerprint density at radius 3 is 2.88 bits per heavy atom. The van der Waals surface area contributed by atoms with Gasteiger partial charge in [0, 0.05) is 17.6 Å². The van der Waals surface area contributed by atoms with Crippen molar-refractivity contribution in [1.82, 2.24) is 5.32 Å². The van der Waals surface area contributed by atoms with Crippen LogP contribution in [0.15, 0.2) is 42.5 Å². The molecule has 0 saturated heterocycles. The second-order valence-corrected chi connectivity index (χ2v) is 6.97. The largest absolute Gasteiger partial charge is 0.482 e. The van der Waals surface area contributed by atoms with Crippen LogP contribution < -0.4 is 10.1 Å². The molecule has 2 aromatic carbocycles. The molecule has 26 heavy (non-hydrogen) atoms. The molecule has 0 heterocycles. The second-order valence-electron chi connectivity index (χ2n) is 6.53. The van der Waals surface area contributed by atoms with Gasteiger partial charge >= 0.3 is 5.97 Å². The number of rotatable bonds is 7. The molecule has 2 aromatic rings. The summed E-state index contributed by atoms with van der Waals surface area (Å²) in [6, 6.07) is 13.2. The smallest absolute Gasteiger partial charge is 0.341 e. The topological polar surface area (TPSA) is 78.8 Å². The Morgan fingerprint density at radius 1 is 1.27 bits per heavy atom. The molecule has 0 aliphatic heterocycles. The molecule has 0 bridgehead atoms. The van der Waals surface area contributed by atoms with Crippen LogP contribution in [0.1, 0.15) is 29.2 Å². The minimum atomic E-state index is -0.989. The Bertz CT molecular complexity index is 780. The van der Waals surface area contributed by atoms with Crippen molar-refractivity contribution in [3.63, 3.8) is 0 Å². The Hall–Kier alpha value is -2.08. The number of aliphatic hydroxyl groups excluding tert-OH is 1. The third-order valence-electron chi connectivity index (χ3n) is 4.60. The summed E-state index contributed by atoms with van der Waals surface area (Å²) >= 11 is 5.97. The van der Waals surface area contributed by atoms with Crippen LogP contribution >= 0.6 is 11.6 Å². The average Bonchev–Trinajstić information content (AvgIpc) is 2.64. The molecule has 3 rings (SSSR count). The zero-order valence-corrected chi connectivity index (χ0v) is 15.1. The van der Waals surface area contributed by atoms with E-state index in [0.29, 0.717) is 17.3 Å². The SMILES string of the molecule is O=C(O)COc1ccc2c(c1)C[C@@H](NCC(O)c1cccc(Cl)c1)CC2. The van der Waals surface area contributed by atoms with Crippen molar-refractivity contribution < 1.29 is 19.7 Å². The second kappa shape index (κ2) is 8.54. The molecular formula is C20H22ClNO4. The van der Waals surface area contributed by atoms with Gasteiger partial charge in [0.15, 0.2) is 6.61 Å². The molecule has 3 N–H and O–H groups in total. The average molecular weight is 376 g/mol. The van der Waals surface area contributed by atoms with Crippen LogP contribution in [0.3, 0.4) is 0 Å². The standard InChI is InChI=1S/C20H22ClNO4/c21-16-3-1-2-14(8-16)19(23)11-22-17-6-4-13-5-7-18(10-15(13)9-17)26-12-20(24)25/h1-3,5,7-8,10,17,19,22-23H,4,6,9,11-12H2,(H,24,25)/t17-,19?/m0/s1. The van der Waals surface area contributed by atoms with Gasteiger partial charge in [-0.25, -0.2) is 4.79 Å². The Balaban J connectivity index is 1.57. The first-order valence-corrected chi connectivity index (χ1v) is 9.02. The minimum absolute atomic E-state index is 0.256. The maximum absolute atomic E-state index is 10.6. The Morgan fingerprint density at radius 2 is 2.12 bits per heavy atom. The van der Waals surface area contributed by atoms with Crippen molar-refractivity contribution in [2.45, 2.75) is 31.4 Å². The summed E-state index contributed by atoms with van der Waals surface area (Å²) in [5, 5.41) is 23.1. The summed E-state index contributed by atoms with van der Waals surface area (Å²) < 4.78 is 5.26. The van der Waals surface area contributed by atoms with Gasteiger partial charge in [0.2, 0.25) is 0 Å². The van der Waals surface area contributed by atoms with Gasteiger partial charge in [0.1, 0.15) is 5.75 Å². The number of benzene rings is 2. The van der Waals surface area contributed by atoms with Gasteiger partial charge in [-0.1, -0.05) is 29.8 Å². The van der Waals surface area contributed by atoms with E-state index in [9.17, 15) is 9.90 Å². The monoisotopic (exact) mass is 375 g/mol. The quantitative estimate of drug-likeness (QED) is 0.693. The molecule has 6 heteroatoms. The van der Waals surface area contributed by atoms with Crippen LogP contribution in [0.5, 0.6) is 5.75 Å². The van der Waals surface area contributed by atoms with E-state index in [2.05, 4.69) is 5.32 Å². The Labute approximate surface area is 157 Å². The van der Waals surface area contributed by atoms with Crippen LogP contribution in [0.25, 0.3) is 0 Å². The lowest BCUT2D eigenvalue weighted by Gasteiger charge is -2.27. The van der Waals surface area contributed by atoms with E-state index in [1.807, 2.05) is 30.3 Å². The predicted octanol–water partition coefficient (Wildman–Crippen LogP) is 2.98. The summed E-state index contributed by atoms with van der Waals surface area (Å²) in [7, 11) is 0. The van der Waals surface area contributed by atoms with Gasteiger partial charge in [0.05, 0.1) is 6.10 Å². The fourth-order valence-electron chi connectivity index (χ4n) is 3.25. The number of hydrogen-bond acceptors (Lipinski definition) is 4. The molecule has 2 atom stereocenters. The molecule has 0 aromatic heterocycles. The number of fused-ring (bicyclic) bond motifs is 1. The number of aryl methyl sites for hydroxylation is 1. The van der Waals surface area contributed by atoms with Gasteiger partial charge in [-0.2, -0.15) is 0 Å². The van der Waals surface area contributed by atoms with E-state index in [-0.39, 0.29) is 12.6 Å². The summed E-state index contributed by atoms with van der Waals surface area (Å²) in [6.45, 7) is 0.113. The van der Waals surface area contributed by atoms with E-state index >= 15 is 0 Å². The van der Waals surface area contributed by atoms with Crippen LogP contribution in [0, 0.1) is 0 Å². The zero-order chi connectivity index (χ0) is 18.5. The van der Waals surface area contributed by atoms with Crippen LogP contribution in [-0.4, -0.2) is 35.4 Å². The number of halogens is 1. The van der Waals surface area contributed by atoms with E-state index < -0.39 is 12.1 Å². The third-order valence-corrected chi connectivity index (χ3v) is 4.84. The van der Waals surface area contributed by atoms with E-state index in [0.717, 1.165) is 30.4 Å². The minimum Gasteiger partial charge on any atom is -0.482 e. The highest BCUT2D eigenvalue weighted by atomic mass is 35.5. The number of carbonyl (C=O) groups is 1. The Kier molecular flexibility index (Phi) is 6.14. The van der Waals surface area contributed by atoms with Crippen LogP contribution in [0.2, 0.25) is 5.02 Å². The number of nitrogens with one attached hydrogen (secondary N) is 1. The third kappa shape index (κ3) is 4.97. The highest BCUT2D eigenvalue weighted by Gasteiger charge is 2.20. The first kappa shape index (κ1) is 18.7. The molecule has 0 radical (unpaired) electrons. The van der Waals surface area contributed by atoms with Crippen molar-refractivity contribution >= 4 is 17.6 Å². The summed E-state index contributed by atoms with van der Waals surface area (Å²) in [6.07, 6.45) is 2.15. The summed E-state index contributed by atoms with van der Waals surface area (Å²) in [5.74, 6) is -0.414. The number of carboxylic acid groups (broad SMARTS) is 1. The predicted molar refractivity (Wildman–Crippen MR) is 99.8 cm³/mol. The van der Waals surface area contributed by atoms with Gasteiger partial charge in [-0.3, -0.25) is 0 Å². The molecule has 0 saturated carbocycles. The van der Waals surface area contributed by atoms with Crippen LogP contribution in [0.4, 0.5) is 0 Å². The lowest BCUT2D eigenvalue weighted by molar-refractivity contribution is -0.139. The number of ether oxygens (including phenoxy) is 1. The molecule has 0 fully saturated rings. The number of aliphatic carboxylic acids is 1. The molecule has 1 aliphatic carbocycles. The van der Waals surface area contributed by atoms with Gasteiger partial charge < -0.3 is 20.3 Å². The maximum atomic E-state index is 10.6. The van der Waals surface area contributed by atoms with Gasteiger partial charge in [-0.05, 0) is 60.2 Å². The molecule has 5 nitrogen and oxygen atoms in total. The lowest BCUT2D eigenvalue weighted by atomic mass is 9.88.